The highest BCUT2D eigenvalue weighted by atomic mass is 35.5. The summed E-state index contributed by atoms with van der Waals surface area (Å²) in [4.78, 5) is 9.86. The molecule has 1 unspecified atom stereocenters. The molecule has 1 aromatic rings. The topological polar surface area (TPSA) is 116 Å². The number of hydrogen-bond donors (Lipinski definition) is 1. The van der Waals surface area contributed by atoms with E-state index in [2.05, 4.69) is 0 Å². The average molecular weight is 372 g/mol. The second-order valence-electron chi connectivity index (χ2n) is 4.46. The Bertz CT molecular complexity index is 655. The number of rotatable bonds is 4. The van der Waals surface area contributed by atoms with Gasteiger partial charge in [-0.15, -0.1) is 12.4 Å². The van der Waals surface area contributed by atoms with Crippen LogP contribution in [0.2, 0.25) is 5.02 Å². The minimum absolute atomic E-state index is 0. The van der Waals surface area contributed by atoms with Gasteiger partial charge in [0, 0.05) is 31.8 Å². The Hall–Kier alpha value is -0.970. The lowest BCUT2D eigenvalue weighted by Gasteiger charge is -2.31. The molecule has 1 heterocycles. The van der Waals surface area contributed by atoms with Gasteiger partial charge in [0.05, 0.1) is 22.7 Å². The highest BCUT2D eigenvalue weighted by Crippen LogP contribution is 2.29. The second kappa shape index (κ2) is 7.53. The Morgan fingerprint density at radius 3 is 2.73 bits per heavy atom. The van der Waals surface area contributed by atoms with Gasteiger partial charge in [0.15, 0.2) is 0 Å². The minimum Gasteiger partial charge on any atom is -0.374 e. The van der Waals surface area contributed by atoms with Gasteiger partial charge in [0.1, 0.15) is 4.90 Å². The summed E-state index contributed by atoms with van der Waals surface area (Å²) in [7, 11) is -3.83. The summed E-state index contributed by atoms with van der Waals surface area (Å²) in [6.07, 6.45) is -0.370. The number of ether oxygens (including phenoxy) is 1. The van der Waals surface area contributed by atoms with E-state index < -0.39 is 14.9 Å². The molecule has 1 fully saturated rings. The van der Waals surface area contributed by atoms with Crippen LogP contribution in [0.5, 0.6) is 0 Å². The van der Waals surface area contributed by atoms with Crippen molar-refractivity contribution >= 4 is 39.7 Å². The molecule has 2 N–H and O–H groups in total. The van der Waals surface area contributed by atoms with Crippen molar-refractivity contribution in [2.45, 2.75) is 11.0 Å². The summed E-state index contributed by atoms with van der Waals surface area (Å²) in [5.74, 6) is 0. The van der Waals surface area contributed by atoms with Gasteiger partial charge in [0.2, 0.25) is 10.0 Å². The summed E-state index contributed by atoms with van der Waals surface area (Å²) in [6, 6.07) is 3.28. The molecule has 11 heteroatoms. The van der Waals surface area contributed by atoms with E-state index in [1.807, 2.05) is 0 Å². The molecule has 0 amide bonds. The summed E-state index contributed by atoms with van der Waals surface area (Å²) < 4.78 is 31.6. The zero-order chi connectivity index (χ0) is 15.6. The molecule has 0 aliphatic carbocycles. The van der Waals surface area contributed by atoms with Crippen LogP contribution in [0.1, 0.15) is 0 Å². The summed E-state index contributed by atoms with van der Waals surface area (Å²) in [5, 5.41) is 10.5. The van der Waals surface area contributed by atoms with E-state index >= 15 is 0 Å². The zero-order valence-corrected chi connectivity index (χ0v) is 13.7. The van der Waals surface area contributed by atoms with Gasteiger partial charge in [0.25, 0.3) is 5.69 Å². The molecule has 1 aliphatic rings. The predicted octanol–water partition coefficient (Wildman–Crippen LogP) is 1.02. The van der Waals surface area contributed by atoms with Crippen molar-refractivity contribution in [2.75, 3.05) is 26.2 Å². The Balaban J connectivity index is 0.00000242. The van der Waals surface area contributed by atoms with E-state index in [4.69, 9.17) is 22.1 Å². The van der Waals surface area contributed by atoms with Crippen LogP contribution in [0.3, 0.4) is 0 Å². The lowest BCUT2D eigenvalue weighted by atomic mass is 10.3. The largest absolute Gasteiger partial charge is 0.374 e. The average Bonchev–Trinajstić information content (AvgIpc) is 2.46. The first-order valence-corrected chi connectivity index (χ1v) is 7.94. The van der Waals surface area contributed by atoms with E-state index in [-0.39, 0.29) is 60.4 Å². The predicted molar refractivity (Wildman–Crippen MR) is 82.9 cm³/mol. The number of nitro benzene ring substituents is 1. The van der Waals surface area contributed by atoms with Crippen LogP contribution < -0.4 is 5.73 Å². The summed E-state index contributed by atoms with van der Waals surface area (Å²) in [6.45, 7) is 0.768. The Labute approximate surface area is 138 Å². The molecule has 22 heavy (non-hydrogen) atoms. The van der Waals surface area contributed by atoms with Crippen LogP contribution in [0.15, 0.2) is 23.1 Å². The molecule has 8 nitrogen and oxygen atoms in total. The first-order chi connectivity index (χ1) is 9.86. The van der Waals surface area contributed by atoms with Crippen LogP contribution >= 0.6 is 24.0 Å². The van der Waals surface area contributed by atoms with Gasteiger partial charge in [-0.2, -0.15) is 4.31 Å². The second-order valence-corrected chi connectivity index (χ2v) is 6.78. The smallest absolute Gasteiger partial charge is 0.271 e. The van der Waals surface area contributed by atoms with Crippen molar-refractivity contribution in [3.63, 3.8) is 0 Å². The highest BCUT2D eigenvalue weighted by molar-refractivity contribution is 7.89. The van der Waals surface area contributed by atoms with E-state index in [1.54, 1.807) is 0 Å². The Morgan fingerprint density at radius 2 is 2.18 bits per heavy atom. The molecule has 1 aliphatic heterocycles. The fourth-order valence-corrected chi connectivity index (χ4v) is 3.97. The number of hydrogen-bond acceptors (Lipinski definition) is 6. The molecule has 0 aromatic heterocycles. The van der Waals surface area contributed by atoms with Crippen molar-refractivity contribution in [2.24, 2.45) is 5.73 Å². The van der Waals surface area contributed by atoms with Crippen LogP contribution in [0.25, 0.3) is 0 Å². The summed E-state index contributed by atoms with van der Waals surface area (Å²) >= 11 is 5.88. The summed E-state index contributed by atoms with van der Waals surface area (Å²) in [5.41, 5.74) is 5.22. The molecule has 1 atom stereocenters. The molecule has 0 bridgehead atoms. The zero-order valence-electron chi connectivity index (χ0n) is 11.3. The van der Waals surface area contributed by atoms with Gasteiger partial charge >= 0.3 is 0 Å². The fourth-order valence-electron chi connectivity index (χ4n) is 2.00. The molecule has 0 saturated carbocycles. The number of nitrogens with zero attached hydrogens (tertiary/aromatic N) is 2. The third kappa shape index (κ3) is 3.86. The normalized spacial score (nSPS) is 19.5. The lowest BCUT2D eigenvalue weighted by molar-refractivity contribution is -0.384. The number of nitrogens with two attached hydrogens (primary N) is 1. The molecule has 0 radical (unpaired) electrons. The standard InChI is InChI=1S/C11H14ClN3O5S.ClH/c12-10-5-8(15(16)17)1-2-11(10)21(18,19)14-3-4-20-9(6-13)7-14;/h1-2,5,9H,3-4,6-7,13H2;1H. The fraction of sp³-hybridized carbons (Fsp3) is 0.455. The number of sulfonamides is 1. The van der Waals surface area contributed by atoms with Gasteiger partial charge in [-0.1, -0.05) is 11.6 Å². The molecule has 2 rings (SSSR count). The van der Waals surface area contributed by atoms with E-state index in [1.165, 1.54) is 4.31 Å². The van der Waals surface area contributed by atoms with E-state index in [0.717, 1.165) is 18.2 Å². The van der Waals surface area contributed by atoms with Crippen LogP contribution in [-0.2, 0) is 14.8 Å². The number of halogens is 2. The molecule has 124 valence electrons. The Morgan fingerprint density at radius 1 is 1.50 bits per heavy atom. The van der Waals surface area contributed by atoms with Crippen molar-refractivity contribution in [3.05, 3.63) is 33.3 Å². The van der Waals surface area contributed by atoms with Crippen LogP contribution in [-0.4, -0.2) is 50.0 Å². The van der Waals surface area contributed by atoms with E-state index in [9.17, 15) is 18.5 Å². The number of morpholine rings is 1. The first-order valence-electron chi connectivity index (χ1n) is 6.12. The van der Waals surface area contributed by atoms with Gasteiger partial charge in [-0.25, -0.2) is 8.42 Å². The number of nitro groups is 1. The lowest BCUT2D eigenvalue weighted by Crippen LogP contribution is -2.48. The highest BCUT2D eigenvalue weighted by Gasteiger charge is 2.32. The molecule has 0 spiro atoms. The quantitative estimate of drug-likeness (QED) is 0.623. The number of non-ortho nitro benzene ring substituents is 1. The molecule has 1 saturated heterocycles. The van der Waals surface area contributed by atoms with Gasteiger partial charge in [-0.3, -0.25) is 10.1 Å². The van der Waals surface area contributed by atoms with Gasteiger partial charge < -0.3 is 10.5 Å². The van der Waals surface area contributed by atoms with E-state index in [0.29, 0.717) is 0 Å². The monoisotopic (exact) mass is 371 g/mol. The van der Waals surface area contributed by atoms with Crippen LogP contribution in [0.4, 0.5) is 5.69 Å². The van der Waals surface area contributed by atoms with Crippen molar-refractivity contribution in [3.8, 4) is 0 Å². The maximum Gasteiger partial charge on any atom is 0.271 e. The van der Waals surface area contributed by atoms with Crippen molar-refractivity contribution in [1.29, 1.82) is 0 Å². The van der Waals surface area contributed by atoms with Crippen LogP contribution in [0, 0.1) is 10.1 Å². The molecular formula is C11H15Cl2N3O5S. The maximum atomic E-state index is 12.5. The molecular weight excluding hydrogens is 357 g/mol. The van der Waals surface area contributed by atoms with Gasteiger partial charge in [-0.05, 0) is 6.07 Å². The Kier molecular flexibility index (Phi) is 6.53. The number of benzene rings is 1. The van der Waals surface area contributed by atoms with Crippen molar-refractivity contribution < 1.29 is 18.1 Å². The third-order valence-corrected chi connectivity index (χ3v) is 5.46. The molecule has 1 aromatic carbocycles. The van der Waals surface area contributed by atoms with Crippen molar-refractivity contribution in [1.82, 2.24) is 4.31 Å². The first kappa shape index (κ1) is 19.1. The maximum absolute atomic E-state index is 12.5. The third-order valence-electron chi connectivity index (χ3n) is 3.11. The SMILES string of the molecule is Cl.NCC1CN(S(=O)(=O)c2ccc([N+](=O)[O-])cc2Cl)CCO1. The minimum atomic E-state index is -3.83.